The number of carbonyl (C=O) groups is 1. The van der Waals surface area contributed by atoms with E-state index in [1.165, 1.54) is 6.08 Å². The monoisotopic (exact) mass is 496 g/mol. The molecule has 0 aromatic heterocycles. The van der Waals surface area contributed by atoms with Crippen LogP contribution in [0, 0.1) is 0 Å². The summed E-state index contributed by atoms with van der Waals surface area (Å²) in [7, 11) is 0. The minimum atomic E-state index is -0.392. The number of carbonyl (C=O) groups excluding carboxylic acids is 1. The summed E-state index contributed by atoms with van der Waals surface area (Å²) in [4.78, 5) is 20.6. The number of anilines is 3. The van der Waals surface area contributed by atoms with E-state index in [4.69, 9.17) is 0 Å². The lowest BCUT2D eigenvalue weighted by Gasteiger charge is -2.23. The van der Waals surface area contributed by atoms with E-state index >= 15 is 0 Å². The molecule has 0 aliphatic heterocycles. The Morgan fingerprint density at radius 1 is 0.694 bits per heavy atom. The largest absolute Gasteiger partial charge is 0.506 e. The molecule has 3 rings (SSSR count). The van der Waals surface area contributed by atoms with Gasteiger partial charge >= 0.3 is 0 Å². The summed E-state index contributed by atoms with van der Waals surface area (Å²) >= 11 is 0. The third-order valence-electron chi connectivity index (χ3n) is 5.53. The lowest BCUT2D eigenvalue weighted by Crippen LogP contribution is -2.29. The second-order valence-corrected chi connectivity index (χ2v) is 8.01. The molecule has 0 heterocycles. The number of rotatable bonds is 13. The molecule has 0 saturated heterocycles. The van der Waals surface area contributed by atoms with Crippen LogP contribution in [0.2, 0.25) is 0 Å². The molecule has 1 aliphatic carbocycles. The Morgan fingerprint density at radius 3 is 1.64 bits per heavy atom. The van der Waals surface area contributed by atoms with E-state index in [9.17, 15) is 30.3 Å². The van der Waals surface area contributed by atoms with Gasteiger partial charge in [-0.1, -0.05) is 0 Å². The standard InChI is InChI=1S/C26H32N4O6/c31-13-9-29(10-14-32)21-5-1-19(2-6-21)27-23-17-24(26(36)18-25(23)35)28-20-3-7-22(8-4-20)30(11-15-33)12-16-34/h1-8,17-18,27,31-34,36H,9-16H2. The van der Waals surface area contributed by atoms with Crippen LogP contribution in [0.25, 0.3) is 0 Å². The molecule has 0 amide bonds. The highest BCUT2D eigenvalue weighted by Gasteiger charge is 2.19. The number of nitrogens with one attached hydrogen (secondary N) is 1. The number of hydrogen-bond donors (Lipinski definition) is 6. The molecule has 192 valence electrons. The van der Waals surface area contributed by atoms with Gasteiger partial charge in [-0.2, -0.15) is 0 Å². The Kier molecular flexibility index (Phi) is 10.0. The van der Waals surface area contributed by atoms with E-state index in [-0.39, 0.29) is 43.6 Å². The Hall–Kier alpha value is -3.70. The first kappa shape index (κ1) is 26.9. The van der Waals surface area contributed by atoms with Crippen LogP contribution in [0.5, 0.6) is 0 Å². The first-order valence-electron chi connectivity index (χ1n) is 11.6. The van der Waals surface area contributed by atoms with Crippen molar-refractivity contribution in [2.45, 2.75) is 0 Å². The van der Waals surface area contributed by atoms with Crippen molar-refractivity contribution in [3.63, 3.8) is 0 Å². The van der Waals surface area contributed by atoms with E-state index in [0.717, 1.165) is 17.5 Å². The predicted octanol–water partition coefficient (Wildman–Crippen LogP) is 1.36. The number of aliphatic imine (C=N–C) groups is 1. The van der Waals surface area contributed by atoms with E-state index in [1.807, 2.05) is 21.9 Å². The molecule has 0 saturated carbocycles. The van der Waals surface area contributed by atoms with Crippen molar-refractivity contribution < 1.29 is 30.3 Å². The number of nitrogens with zero attached hydrogens (tertiary/aromatic N) is 3. The molecule has 2 aromatic rings. The van der Waals surface area contributed by atoms with Crippen LogP contribution in [-0.4, -0.2) is 89.6 Å². The normalized spacial score (nSPS) is 14.4. The summed E-state index contributed by atoms with van der Waals surface area (Å²) in [6.07, 6.45) is 2.59. The Balaban J connectivity index is 1.77. The van der Waals surface area contributed by atoms with Gasteiger partial charge in [-0.15, -0.1) is 0 Å². The molecule has 0 atom stereocenters. The van der Waals surface area contributed by atoms with Crippen LogP contribution in [0.1, 0.15) is 0 Å². The molecule has 6 N–H and O–H groups in total. The zero-order valence-electron chi connectivity index (χ0n) is 19.9. The van der Waals surface area contributed by atoms with Gasteiger partial charge in [-0.25, -0.2) is 4.99 Å². The molecular weight excluding hydrogens is 464 g/mol. The summed E-state index contributed by atoms with van der Waals surface area (Å²) in [6.45, 7) is 1.41. The molecule has 10 heteroatoms. The average Bonchev–Trinajstić information content (AvgIpc) is 2.87. The second-order valence-electron chi connectivity index (χ2n) is 8.01. The summed E-state index contributed by atoms with van der Waals surface area (Å²) in [5.74, 6) is -0.632. The van der Waals surface area contributed by atoms with Gasteiger partial charge in [0.1, 0.15) is 11.5 Å². The van der Waals surface area contributed by atoms with Gasteiger partial charge in [0.25, 0.3) is 0 Å². The third-order valence-corrected chi connectivity index (χ3v) is 5.53. The number of benzene rings is 2. The molecule has 36 heavy (non-hydrogen) atoms. The molecule has 10 nitrogen and oxygen atoms in total. The van der Waals surface area contributed by atoms with Crippen LogP contribution in [0.4, 0.5) is 22.7 Å². The fourth-order valence-electron chi connectivity index (χ4n) is 3.76. The Morgan fingerprint density at radius 2 is 1.17 bits per heavy atom. The van der Waals surface area contributed by atoms with E-state index in [1.54, 1.807) is 36.4 Å². The highest BCUT2D eigenvalue weighted by atomic mass is 16.3. The molecule has 0 fully saturated rings. The minimum Gasteiger partial charge on any atom is -0.506 e. The summed E-state index contributed by atoms with van der Waals surface area (Å²) in [6, 6.07) is 14.3. The maximum absolute atomic E-state index is 12.5. The van der Waals surface area contributed by atoms with Gasteiger partial charge in [0, 0.05) is 49.3 Å². The summed E-state index contributed by atoms with van der Waals surface area (Å²) < 4.78 is 0. The zero-order valence-corrected chi connectivity index (χ0v) is 19.9. The maximum atomic E-state index is 12.5. The molecule has 0 spiro atoms. The fraction of sp³-hybridized carbons (Fsp3) is 0.308. The van der Waals surface area contributed by atoms with Crippen LogP contribution in [0.15, 0.2) is 77.1 Å². The highest BCUT2D eigenvalue weighted by Crippen LogP contribution is 2.24. The number of aliphatic hydroxyl groups is 5. The van der Waals surface area contributed by atoms with Gasteiger partial charge in [0.15, 0.2) is 0 Å². The summed E-state index contributed by atoms with van der Waals surface area (Å²) in [5.41, 5.74) is 3.32. The van der Waals surface area contributed by atoms with Gasteiger partial charge in [-0.3, -0.25) is 4.79 Å². The third kappa shape index (κ3) is 7.15. The number of aliphatic hydroxyl groups excluding tert-OH is 5. The first-order chi connectivity index (χ1) is 17.5. The van der Waals surface area contributed by atoms with Crippen LogP contribution >= 0.6 is 0 Å². The van der Waals surface area contributed by atoms with Crippen LogP contribution in [-0.2, 0) is 4.79 Å². The Labute approximate surface area is 209 Å². The number of hydrogen-bond acceptors (Lipinski definition) is 10. The predicted molar refractivity (Wildman–Crippen MR) is 140 cm³/mol. The minimum absolute atomic E-state index is 0.0361. The van der Waals surface area contributed by atoms with E-state index in [2.05, 4.69) is 10.3 Å². The van der Waals surface area contributed by atoms with Gasteiger partial charge in [-0.05, 0) is 54.6 Å². The molecule has 0 bridgehead atoms. The zero-order chi connectivity index (χ0) is 25.9. The summed E-state index contributed by atoms with van der Waals surface area (Å²) in [5, 5.41) is 50.2. The van der Waals surface area contributed by atoms with Gasteiger partial charge in [0.2, 0.25) is 5.78 Å². The Bertz CT molecular complexity index is 1080. The SMILES string of the molecule is O=C1C=C(O)C(=Nc2ccc(N(CCO)CCO)cc2)C=C1Nc1ccc(N(CCO)CCO)cc1. The maximum Gasteiger partial charge on any atom is 0.205 e. The van der Waals surface area contributed by atoms with Crippen molar-refractivity contribution in [1.82, 2.24) is 0 Å². The molecule has 0 unspecified atom stereocenters. The second kappa shape index (κ2) is 13.4. The van der Waals surface area contributed by atoms with Crippen molar-refractivity contribution in [3.05, 3.63) is 72.1 Å². The smallest absolute Gasteiger partial charge is 0.205 e. The van der Waals surface area contributed by atoms with Crippen molar-refractivity contribution in [2.24, 2.45) is 4.99 Å². The molecule has 2 aromatic carbocycles. The average molecular weight is 497 g/mol. The lowest BCUT2D eigenvalue weighted by atomic mass is 10.1. The van der Waals surface area contributed by atoms with Crippen molar-refractivity contribution >= 4 is 34.2 Å². The van der Waals surface area contributed by atoms with Gasteiger partial charge in [0.05, 0.1) is 37.8 Å². The number of allylic oxidation sites excluding steroid dienone is 2. The molecular formula is C26H32N4O6. The van der Waals surface area contributed by atoms with E-state index < -0.39 is 5.78 Å². The lowest BCUT2D eigenvalue weighted by molar-refractivity contribution is -0.111. The van der Waals surface area contributed by atoms with Crippen molar-refractivity contribution in [3.8, 4) is 0 Å². The number of ketones is 1. The van der Waals surface area contributed by atoms with Crippen molar-refractivity contribution in [1.29, 1.82) is 0 Å². The highest BCUT2D eigenvalue weighted by molar-refractivity contribution is 6.22. The van der Waals surface area contributed by atoms with Crippen LogP contribution in [0.3, 0.4) is 0 Å². The van der Waals surface area contributed by atoms with Crippen molar-refractivity contribution in [2.75, 3.05) is 67.7 Å². The quantitative estimate of drug-likeness (QED) is 0.226. The fourth-order valence-corrected chi connectivity index (χ4v) is 3.76. The first-order valence-corrected chi connectivity index (χ1v) is 11.6. The topological polar surface area (TPSA) is 149 Å². The van der Waals surface area contributed by atoms with Crippen LogP contribution < -0.4 is 15.1 Å². The molecule has 0 radical (unpaired) electrons. The van der Waals surface area contributed by atoms with Gasteiger partial charge < -0.3 is 40.6 Å². The molecule has 1 aliphatic rings. The van der Waals surface area contributed by atoms with E-state index in [0.29, 0.717) is 37.6 Å².